The zero-order valence-electron chi connectivity index (χ0n) is 20.6. The Morgan fingerprint density at radius 3 is 2.27 bits per heavy atom. The van der Waals surface area contributed by atoms with Crippen LogP contribution < -0.4 is 0 Å². The Morgan fingerprint density at radius 1 is 1.13 bits per heavy atom. The predicted molar refractivity (Wildman–Crippen MR) is 139 cm³/mol. The molecule has 170 valence electrons. The van der Waals surface area contributed by atoms with E-state index in [4.69, 9.17) is 4.43 Å². The van der Waals surface area contributed by atoms with Crippen LogP contribution in [0.1, 0.15) is 104 Å². The number of allylic oxidation sites excluding steroid dienone is 1. The van der Waals surface area contributed by atoms with E-state index in [1.807, 2.05) is 0 Å². The smallest absolute Gasteiger partial charge is 0.192 e. The van der Waals surface area contributed by atoms with Gasteiger partial charge in [-0.05, 0) is 97.9 Å². The molecule has 0 radical (unpaired) electrons. The number of halogens is 1. The van der Waals surface area contributed by atoms with E-state index < -0.39 is 8.32 Å². The van der Waals surface area contributed by atoms with Crippen LogP contribution in [0.2, 0.25) is 18.1 Å². The number of hydrogen-bond acceptors (Lipinski definition) is 1. The van der Waals surface area contributed by atoms with Gasteiger partial charge in [0.15, 0.2) is 8.32 Å². The van der Waals surface area contributed by atoms with Crippen molar-refractivity contribution in [3.05, 3.63) is 46.0 Å². The number of rotatable bonds is 10. The zero-order chi connectivity index (χ0) is 22.4. The SMILES string of the molecule is CC[Si](CC)(CC)OC(C)(C)CCC(C)c1ccc([C@H]2CCC/C(=C\Br)[C@@H]2C)cc1. The molecule has 2 rings (SSSR count). The van der Waals surface area contributed by atoms with Gasteiger partial charge >= 0.3 is 0 Å². The summed E-state index contributed by atoms with van der Waals surface area (Å²) < 4.78 is 6.82. The van der Waals surface area contributed by atoms with Crippen LogP contribution in [0.4, 0.5) is 0 Å². The maximum atomic E-state index is 6.82. The van der Waals surface area contributed by atoms with Crippen LogP contribution in [0, 0.1) is 5.92 Å². The summed E-state index contributed by atoms with van der Waals surface area (Å²) in [4.78, 5) is 2.16. The first kappa shape index (κ1) is 25.9. The molecule has 1 saturated carbocycles. The van der Waals surface area contributed by atoms with E-state index in [0.29, 0.717) is 17.8 Å². The minimum absolute atomic E-state index is 0.0155. The van der Waals surface area contributed by atoms with Gasteiger partial charge in [-0.15, -0.1) is 0 Å². The minimum atomic E-state index is -1.55. The van der Waals surface area contributed by atoms with Gasteiger partial charge < -0.3 is 4.43 Å². The van der Waals surface area contributed by atoms with Gasteiger partial charge in [0.2, 0.25) is 0 Å². The van der Waals surface area contributed by atoms with Gasteiger partial charge in [0.25, 0.3) is 0 Å². The molecule has 0 amide bonds. The molecule has 0 bridgehead atoms. The van der Waals surface area contributed by atoms with Crippen LogP contribution in [-0.2, 0) is 4.43 Å². The molecule has 3 atom stereocenters. The summed E-state index contributed by atoms with van der Waals surface area (Å²) in [5.74, 6) is 1.87. The van der Waals surface area contributed by atoms with Crippen molar-refractivity contribution in [3.8, 4) is 0 Å². The summed E-state index contributed by atoms with van der Waals surface area (Å²) in [5.41, 5.74) is 4.53. The minimum Gasteiger partial charge on any atom is -0.412 e. The fourth-order valence-electron chi connectivity index (χ4n) is 5.28. The van der Waals surface area contributed by atoms with Crippen LogP contribution in [0.3, 0.4) is 0 Å². The molecule has 0 aliphatic heterocycles. The van der Waals surface area contributed by atoms with Crippen LogP contribution in [-0.4, -0.2) is 13.9 Å². The van der Waals surface area contributed by atoms with E-state index >= 15 is 0 Å². The fraction of sp³-hybridized carbons (Fsp3) is 0.704. The summed E-state index contributed by atoms with van der Waals surface area (Å²) in [6.07, 6.45) is 6.17. The molecular formula is C27H45BrOSi. The lowest BCUT2D eigenvalue weighted by molar-refractivity contribution is 0.0817. The summed E-state index contributed by atoms with van der Waals surface area (Å²) in [5, 5.41) is 0. The lowest BCUT2D eigenvalue weighted by Gasteiger charge is -2.39. The van der Waals surface area contributed by atoms with E-state index in [-0.39, 0.29) is 5.60 Å². The monoisotopic (exact) mass is 492 g/mol. The van der Waals surface area contributed by atoms with Crippen molar-refractivity contribution in [1.82, 2.24) is 0 Å². The molecule has 1 aliphatic rings. The molecule has 0 N–H and O–H groups in total. The van der Waals surface area contributed by atoms with Crippen molar-refractivity contribution in [2.45, 2.75) is 116 Å². The van der Waals surface area contributed by atoms with Crippen molar-refractivity contribution >= 4 is 24.2 Å². The van der Waals surface area contributed by atoms with E-state index in [1.165, 1.54) is 54.9 Å². The van der Waals surface area contributed by atoms with Gasteiger partial charge in [0, 0.05) is 0 Å². The highest BCUT2D eigenvalue weighted by atomic mass is 79.9. The molecule has 0 aromatic heterocycles. The van der Waals surface area contributed by atoms with Crippen LogP contribution in [0.5, 0.6) is 0 Å². The first-order valence-corrected chi connectivity index (χ1v) is 15.7. The third-order valence-corrected chi connectivity index (χ3v) is 13.3. The fourth-order valence-corrected chi connectivity index (χ4v) is 9.13. The summed E-state index contributed by atoms with van der Waals surface area (Å²) in [6, 6.07) is 13.2. The molecule has 1 unspecified atom stereocenters. The first-order chi connectivity index (χ1) is 14.2. The quantitative estimate of drug-likeness (QED) is 0.295. The topological polar surface area (TPSA) is 9.23 Å². The van der Waals surface area contributed by atoms with Gasteiger partial charge in [0.05, 0.1) is 5.60 Å². The van der Waals surface area contributed by atoms with Gasteiger partial charge in [-0.25, -0.2) is 0 Å². The molecule has 30 heavy (non-hydrogen) atoms. The Hall–Kier alpha value is -0.383. The van der Waals surface area contributed by atoms with E-state index in [2.05, 4.69) is 93.6 Å². The first-order valence-electron chi connectivity index (χ1n) is 12.3. The van der Waals surface area contributed by atoms with Crippen molar-refractivity contribution in [2.75, 3.05) is 0 Å². The predicted octanol–water partition coefficient (Wildman–Crippen LogP) is 9.55. The van der Waals surface area contributed by atoms with Crippen LogP contribution >= 0.6 is 15.9 Å². The zero-order valence-corrected chi connectivity index (χ0v) is 23.1. The Labute approximate surface area is 196 Å². The molecule has 0 saturated heterocycles. The average molecular weight is 494 g/mol. The lowest BCUT2D eigenvalue weighted by atomic mass is 9.74. The highest BCUT2D eigenvalue weighted by Crippen LogP contribution is 2.41. The molecule has 1 aromatic carbocycles. The van der Waals surface area contributed by atoms with Gasteiger partial charge in [-0.3, -0.25) is 0 Å². The Kier molecular flexibility index (Phi) is 9.89. The standard InChI is InChI=1S/C27H45BrOSi/c1-8-30(9-2,10-3)29-27(6,7)19-18-21(4)23-14-16-24(17-15-23)26-13-11-12-25(20-28)22(26)5/h14-17,20-22,26H,8-13,18-19H2,1-7H3/b25-20+/t21?,22-,26-/m0/s1. The second-order valence-corrected chi connectivity index (χ2v) is 15.3. The van der Waals surface area contributed by atoms with Gasteiger partial charge in [-0.2, -0.15) is 0 Å². The third-order valence-electron chi connectivity index (χ3n) is 7.85. The molecular weight excluding hydrogens is 448 g/mol. The van der Waals surface area contributed by atoms with Gasteiger partial charge in [-0.1, -0.05) is 80.4 Å². The van der Waals surface area contributed by atoms with Crippen LogP contribution in [0.25, 0.3) is 0 Å². The normalized spacial score (nSPS) is 23.0. The number of benzene rings is 1. The highest BCUT2D eigenvalue weighted by Gasteiger charge is 2.35. The molecule has 1 aliphatic carbocycles. The van der Waals surface area contributed by atoms with Crippen molar-refractivity contribution in [3.63, 3.8) is 0 Å². The van der Waals surface area contributed by atoms with E-state index in [1.54, 1.807) is 5.57 Å². The largest absolute Gasteiger partial charge is 0.412 e. The second-order valence-electron chi connectivity index (χ2n) is 10.2. The summed E-state index contributed by atoms with van der Waals surface area (Å²) in [7, 11) is -1.55. The van der Waals surface area contributed by atoms with Crippen LogP contribution in [0.15, 0.2) is 34.8 Å². The summed E-state index contributed by atoms with van der Waals surface area (Å²) >= 11 is 3.58. The van der Waals surface area contributed by atoms with Crippen molar-refractivity contribution < 1.29 is 4.43 Å². The maximum absolute atomic E-state index is 6.82. The molecule has 1 fully saturated rings. The third kappa shape index (κ3) is 6.56. The van der Waals surface area contributed by atoms with E-state index in [0.717, 1.165) is 6.42 Å². The maximum Gasteiger partial charge on any atom is 0.192 e. The van der Waals surface area contributed by atoms with E-state index in [9.17, 15) is 0 Å². The molecule has 3 heteroatoms. The molecule has 1 nitrogen and oxygen atoms in total. The lowest BCUT2D eigenvalue weighted by Crippen LogP contribution is -2.44. The van der Waals surface area contributed by atoms with Gasteiger partial charge in [0.1, 0.15) is 0 Å². The Balaban J connectivity index is 1.98. The molecule has 1 aromatic rings. The Bertz CT molecular complexity index is 666. The highest BCUT2D eigenvalue weighted by molar-refractivity contribution is 9.11. The second kappa shape index (κ2) is 11.5. The number of hydrogen-bond donors (Lipinski definition) is 0. The van der Waals surface area contributed by atoms with Crippen molar-refractivity contribution in [1.29, 1.82) is 0 Å². The summed E-state index contributed by atoms with van der Waals surface area (Å²) in [6.45, 7) is 16.4. The average Bonchev–Trinajstić information content (AvgIpc) is 2.76. The molecule has 0 spiro atoms. The van der Waals surface area contributed by atoms with Crippen molar-refractivity contribution in [2.24, 2.45) is 5.92 Å². The Morgan fingerprint density at radius 2 is 1.73 bits per heavy atom. The molecule has 0 heterocycles.